The molecule has 2 aromatic rings. The number of carbonyl (C=O) groups is 1. The quantitative estimate of drug-likeness (QED) is 0.380. The number of hydrogen-bond acceptors (Lipinski definition) is 4. The standard InChI is InChI=1S/C16H14F3N3O2/c1-10(22-15-6-5-12(20)7-11(15)9-23)21-13-3-2-4-14(8-13)24-16(17,18)19/h2-9H,20H2,1H3,(H,21,22). The van der Waals surface area contributed by atoms with E-state index < -0.39 is 6.36 Å². The Morgan fingerprint density at radius 1 is 1.25 bits per heavy atom. The van der Waals surface area contributed by atoms with E-state index in [2.05, 4.69) is 15.0 Å². The summed E-state index contributed by atoms with van der Waals surface area (Å²) < 4.78 is 40.5. The van der Waals surface area contributed by atoms with Crippen molar-refractivity contribution < 1.29 is 22.7 Å². The lowest BCUT2D eigenvalue weighted by molar-refractivity contribution is -0.274. The van der Waals surface area contributed by atoms with Gasteiger partial charge in [0.05, 0.1) is 5.69 Å². The molecule has 0 aliphatic heterocycles. The van der Waals surface area contributed by atoms with Gasteiger partial charge >= 0.3 is 6.36 Å². The highest BCUT2D eigenvalue weighted by Crippen LogP contribution is 2.25. The molecular formula is C16H14F3N3O2. The molecule has 0 aliphatic carbocycles. The van der Waals surface area contributed by atoms with Gasteiger partial charge in [-0.1, -0.05) is 6.07 Å². The fourth-order valence-corrected chi connectivity index (χ4v) is 1.96. The summed E-state index contributed by atoms with van der Waals surface area (Å²) in [6.45, 7) is 1.61. The number of nitrogens with zero attached hydrogens (tertiary/aromatic N) is 1. The van der Waals surface area contributed by atoms with E-state index in [4.69, 9.17) is 5.73 Å². The molecule has 0 heterocycles. The van der Waals surface area contributed by atoms with Crippen LogP contribution in [-0.2, 0) is 0 Å². The number of alkyl halides is 3. The first-order chi connectivity index (χ1) is 11.3. The van der Waals surface area contributed by atoms with Crippen molar-refractivity contribution in [1.82, 2.24) is 0 Å². The lowest BCUT2D eigenvalue weighted by Gasteiger charge is -2.11. The number of aliphatic imine (C=N–C) groups is 1. The highest BCUT2D eigenvalue weighted by molar-refractivity contribution is 5.97. The largest absolute Gasteiger partial charge is 0.573 e. The summed E-state index contributed by atoms with van der Waals surface area (Å²) in [5.74, 6) is 0.0356. The molecule has 0 bridgehead atoms. The van der Waals surface area contributed by atoms with Crippen molar-refractivity contribution in [2.24, 2.45) is 4.99 Å². The fourth-order valence-electron chi connectivity index (χ4n) is 1.96. The third-order valence-electron chi connectivity index (χ3n) is 2.86. The maximum atomic E-state index is 12.2. The molecule has 5 nitrogen and oxygen atoms in total. The maximum absolute atomic E-state index is 12.2. The maximum Gasteiger partial charge on any atom is 0.573 e. The van der Waals surface area contributed by atoms with E-state index in [0.29, 0.717) is 34.7 Å². The van der Waals surface area contributed by atoms with Crippen LogP contribution in [-0.4, -0.2) is 18.5 Å². The predicted molar refractivity (Wildman–Crippen MR) is 85.8 cm³/mol. The van der Waals surface area contributed by atoms with Crippen molar-refractivity contribution in [3.05, 3.63) is 48.0 Å². The van der Waals surface area contributed by atoms with E-state index in [-0.39, 0.29) is 5.75 Å². The van der Waals surface area contributed by atoms with Crippen LogP contribution >= 0.6 is 0 Å². The number of anilines is 2. The van der Waals surface area contributed by atoms with E-state index in [1.165, 1.54) is 24.3 Å². The average Bonchev–Trinajstić information content (AvgIpc) is 2.47. The van der Waals surface area contributed by atoms with Gasteiger partial charge in [0, 0.05) is 23.0 Å². The van der Waals surface area contributed by atoms with E-state index in [1.807, 2.05) is 0 Å². The van der Waals surface area contributed by atoms with Gasteiger partial charge in [-0.05, 0) is 37.3 Å². The molecule has 126 valence electrons. The molecule has 2 rings (SSSR count). The first-order valence-electron chi connectivity index (χ1n) is 6.79. The second kappa shape index (κ2) is 7.03. The molecule has 0 aromatic heterocycles. The van der Waals surface area contributed by atoms with Crippen LogP contribution < -0.4 is 15.8 Å². The lowest BCUT2D eigenvalue weighted by atomic mass is 10.2. The molecule has 3 N–H and O–H groups in total. The minimum atomic E-state index is -4.76. The van der Waals surface area contributed by atoms with Gasteiger partial charge in [-0.15, -0.1) is 13.2 Å². The van der Waals surface area contributed by atoms with Gasteiger partial charge in [0.25, 0.3) is 0 Å². The molecule has 0 fully saturated rings. The number of benzene rings is 2. The number of halogens is 3. The average molecular weight is 337 g/mol. The molecule has 0 spiro atoms. The molecule has 0 saturated heterocycles. The van der Waals surface area contributed by atoms with Crippen molar-refractivity contribution in [3.63, 3.8) is 0 Å². The highest BCUT2D eigenvalue weighted by atomic mass is 19.4. The number of ether oxygens (including phenoxy) is 1. The summed E-state index contributed by atoms with van der Waals surface area (Å²) in [5.41, 5.74) is 7.09. The van der Waals surface area contributed by atoms with E-state index in [1.54, 1.807) is 25.1 Å². The summed E-state index contributed by atoms with van der Waals surface area (Å²) in [4.78, 5) is 15.3. The number of rotatable bonds is 4. The van der Waals surface area contributed by atoms with Gasteiger partial charge in [-0.2, -0.15) is 0 Å². The fraction of sp³-hybridized carbons (Fsp3) is 0.125. The van der Waals surface area contributed by atoms with E-state index >= 15 is 0 Å². The van der Waals surface area contributed by atoms with Crippen LogP contribution in [0.5, 0.6) is 5.75 Å². The zero-order valence-electron chi connectivity index (χ0n) is 12.6. The number of carbonyl (C=O) groups excluding carboxylic acids is 1. The predicted octanol–water partition coefficient (Wildman–Crippen LogP) is 4.14. The number of aldehydes is 1. The van der Waals surface area contributed by atoms with Crippen molar-refractivity contribution >= 4 is 29.2 Å². The van der Waals surface area contributed by atoms with Gasteiger partial charge in [-0.25, -0.2) is 4.99 Å². The highest BCUT2D eigenvalue weighted by Gasteiger charge is 2.31. The Bertz CT molecular complexity index is 773. The third-order valence-corrected chi connectivity index (χ3v) is 2.86. The number of nitrogens with two attached hydrogens (primary N) is 1. The van der Waals surface area contributed by atoms with Gasteiger partial charge in [0.1, 0.15) is 11.6 Å². The zero-order chi connectivity index (χ0) is 17.7. The van der Waals surface area contributed by atoms with Crippen molar-refractivity contribution in [3.8, 4) is 5.75 Å². The summed E-state index contributed by atoms with van der Waals surface area (Å²) >= 11 is 0. The summed E-state index contributed by atoms with van der Waals surface area (Å²) in [6.07, 6.45) is -4.13. The summed E-state index contributed by atoms with van der Waals surface area (Å²) in [7, 11) is 0. The molecule has 0 saturated carbocycles. The van der Waals surface area contributed by atoms with Crippen molar-refractivity contribution in [2.45, 2.75) is 13.3 Å². The van der Waals surface area contributed by atoms with Crippen LogP contribution in [0.3, 0.4) is 0 Å². The molecular weight excluding hydrogens is 323 g/mol. The van der Waals surface area contributed by atoms with Crippen LogP contribution in [0.4, 0.5) is 30.2 Å². The normalized spacial score (nSPS) is 11.9. The Hall–Kier alpha value is -3.03. The lowest BCUT2D eigenvalue weighted by Crippen LogP contribution is -2.17. The smallest absolute Gasteiger partial charge is 0.406 e. The Morgan fingerprint density at radius 2 is 2.00 bits per heavy atom. The third kappa shape index (κ3) is 5.01. The Labute approximate surface area is 136 Å². The van der Waals surface area contributed by atoms with Gasteiger partial charge in [-0.3, -0.25) is 4.79 Å². The zero-order valence-corrected chi connectivity index (χ0v) is 12.6. The van der Waals surface area contributed by atoms with E-state index in [0.717, 1.165) is 0 Å². The van der Waals surface area contributed by atoms with Crippen LogP contribution in [0.1, 0.15) is 17.3 Å². The van der Waals surface area contributed by atoms with Crippen molar-refractivity contribution in [2.75, 3.05) is 11.1 Å². The van der Waals surface area contributed by atoms with Gasteiger partial charge < -0.3 is 15.8 Å². The molecule has 0 amide bonds. The molecule has 0 unspecified atom stereocenters. The summed E-state index contributed by atoms with van der Waals surface area (Å²) in [5, 5.41) is 2.84. The number of hydrogen-bond donors (Lipinski definition) is 2. The molecule has 8 heteroatoms. The SMILES string of the molecule is CC(=Nc1ccc(N)cc1C=O)Nc1cccc(OC(F)(F)F)c1. The minimum absolute atomic E-state index is 0.310. The van der Waals surface area contributed by atoms with Crippen molar-refractivity contribution in [1.29, 1.82) is 0 Å². The van der Waals surface area contributed by atoms with E-state index in [9.17, 15) is 18.0 Å². The topological polar surface area (TPSA) is 76.7 Å². The van der Waals surface area contributed by atoms with Crippen LogP contribution in [0.25, 0.3) is 0 Å². The van der Waals surface area contributed by atoms with Crippen LogP contribution in [0, 0.1) is 0 Å². The Morgan fingerprint density at radius 3 is 2.67 bits per heavy atom. The second-order valence-corrected chi connectivity index (χ2v) is 4.83. The Balaban J connectivity index is 2.19. The second-order valence-electron chi connectivity index (χ2n) is 4.83. The minimum Gasteiger partial charge on any atom is -0.406 e. The number of amidine groups is 1. The van der Waals surface area contributed by atoms with Gasteiger partial charge in [0.2, 0.25) is 0 Å². The molecule has 2 aromatic carbocycles. The number of nitrogen functional groups attached to an aromatic ring is 1. The Kier molecular flexibility index (Phi) is 5.08. The van der Waals surface area contributed by atoms with Gasteiger partial charge in [0.15, 0.2) is 6.29 Å². The van der Waals surface area contributed by atoms with Crippen LogP contribution in [0.2, 0.25) is 0 Å². The molecule has 0 radical (unpaired) electrons. The molecule has 24 heavy (non-hydrogen) atoms. The monoisotopic (exact) mass is 337 g/mol. The number of nitrogens with one attached hydrogen (secondary N) is 1. The summed E-state index contributed by atoms with van der Waals surface area (Å²) in [6, 6.07) is 10.0. The first-order valence-corrected chi connectivity index (χ1v) is 6.79. The first kappa shape index (κ1) is 17.3. The van der Waals surface area contributed by atoms with Crippen LogP contribution in [0.15, 0.2) is 47.5 Å². The molecule has 0 atom stereocenters. The molecule has 0 aliphatic rings.